The zero-order valence-corrected chi connectivity index (χ0v) is 17.0. The van der Waals surface area contributed by atoms with Crippen molar-refractivity contribution in [3.8, 4) is 11.5 Å². The van der Waals surface area contributed by atoms with Gasteiger partial charge in [-0.15, -0.1) is 0 Å². The number of hydrogen-bond acceptors (Lipinski definition) is 4. The fourth-order valence-electron chi connectivity index (χ4n) is 4.27. The number of carbonyl (C=O) groups excluding carboxylic acids is 2. The van der Waals surface area contributed by atoms with Crippen LogP contribution in [0.15, 0.2) is 47.7 Å². The van der Waals surface area contributed by atoms with E-state index in [1.165, 1.54) is 12.7 Å². The largest absolute Gasteiger partial charge is 0.503 e. The Kier molecular flexibility index (Phi) is 5.09. The van der Waals surface area contributed by atoms with Crippen molar-refractivity contribution in [1.82, 2.24) is 5.32 Å². The van der Waals surface area contributed by atoms with Gasteiger partial charge in [0.1, 0.15) is 0 Å². The molecule has 0 fully saturated rings. The Morgan fingerprint density at radius 1 is 1.07 bits per heavy atom. The fraction of sp³-hybridized carbons (Fsp3) is 0.304. The van der Waals surface area contributed by atoms with E-state index in [1.54, 1.807) is 12.1 Å². The average molecular weight is 412 g/mol. The van der Waals surface area contributed by atoms with Crippen molar-refractivity contribution in [3.63, 3.8) is 0 Å². The molecule has 0 saturated heterocycles. The fourth-order valence-corrected chi connectivity index (χ4v) is 4.49. The van der Waals surface area contributed by atoms with E-state index in [4.69, 9.17) is 16.3 Å². The number of hydrogen-bond donors (Lipinski definition) is 2. The van der Waals surface area contributed by atoms with Crippen LogP contribution in [0.3, 0.4) is 0 Å². The van der Waals surface area contributed by atoms with Gasteiger partial charge in [0, 0.05) is 30.0 Å². The number of Topliss-reactive ketones (excluding diaryl/α,β-unsaturated/α-hetero) is 1. The number of rotatable bonds is 3. The summed E-state index contributed by atoms with van der Waals surface area (Å²) in [4.78, 5) is 25.6. The summed E-state index contributed by atoms with van der Waals surface area (Å²) in [5.41, 5.74) is 4.28. The van der Waals surface area contributed by atoms with Gasteiger partial charge in [-0.25, -0.2) is 0 Å². The Balaban J connectivity index is 1.74. The van der Waals surface area contributed by atoms with E-state index in [2.05, 4.69) is 5.32 Å². The lowest BCUT2D eigenvalue weighted by molar-refractivity contribution is -0.122. The summed E-state index contributed by atoms with van der Waals surface area (Å²) in [5, 5.41) is 13.1. The number of phenolic OH excluding ortho intramolecular Hbond substituents is 1. The SMILES string of the molecule is COc1cc(C2CC(=O)NC3=C2C(=O)CC(c2ccc(C)cc2)C3)cc(Cl)c1O. The second-order valence-corrected chi connectivity index (χ2v) is 8.10. The molecule has 6 heteroatoms. The molecule has 150 valence electrons. The average Bonchev–Trinajstić information content (AvgIpc) is 2.69. The molecule has 2 aromatic carbocycles. The van der Waals surface area contributed by atoms with Gasteiger partial charge in [0.2, 0.25) is 5.91 Å². The first-order valence-corrected chi connectivity index (χ1v) is 9.94. The van der Waals surface area contributed by atoms with E-state index in [-0.39, 0.29) is 40.6 Å². The predicted octanol–water partition coefficient (Wildman–Crippen LogP) is 4.37. The van der Waals surface area contributed by atoms with Crippen LogP contribution in [0.1, 0.15) is 47.8 Å². The second kappa shape index (κ2) is 7.56. The van der Waals surface area contributed by atoms with Crippen LogP contribution in [0.25, 0.3) is 0 Å². The summed E-state index contributed by atoms with van der Waals surface area (Å²) in [5.74, 6) is -0.390. The number of amides is 1. The van der Waals surface area contributed by atoms with Gasteiger partial charge in [0.05, 0.1) is 12.1 Å². The lowest BCUT2D eigenvalue weighted by atomic mass is 9.73. The highest BCUT2D eigenvalue weighted by Gasteiger charge is 2.38. The van der Waals surface area contributed by atoms with Crippen LogP contribution < -0.4 is 10.1 Å². The third-order valence-corrected chi connectivity index (χ3v) is 6.05. The molecule has 5 nitrogen and oxygen atoms in total. The maximum Gasteiger partial charge on any atom is 0.225 e. The highest BCUT2D eigenvalue weighted by atomic mass is 35.5. The Bertz CT molecular complexity index is 1030. The number of allylic oxidation sites excluding steroid dienone is 2. The van der Waals surface area contributed by atoms with Crippen LogP contribution in [0.2, 0.25) is 5.02 Å². The van der Waals surface area contributed by atoms with Gasteiger partial charge >= 0.3 is 0 Å². The first kappa shape index (κ1) is 19.5. The molecular weight excluding hydrogens is 390 g/mol. The molecule has 4 rings (SSSR count). The summed E-state index contributed by atoms with van der Waals surface area (Å²) >= 11 is 6.15. The van der Waals surface area contributed by atoms with Gasteiger partial charge in [-0.05, 0) is 42.5 Å². The third kappa shape index (κ3) is 3.62. The molecule has 0 bridgehead atoms. The Hall–Kier alpha value is -2.79. The van der Waals surface area contributed by atoms with Crippen molar-refractivity contribution in [2.45, 2.75) is 38.0 Å². The minimum atomic E-state index is -0.405. The molecule has 2 atom stereocenters. The van der Waals surface area contributed by atoms with Crippen LogP contribution >= 0.6 is 11.6 Å². The zero-order chi connectivity index (χ0) is 20.7. The highest BCUT2D eigenvalue weighted by Crippen LogP contribution is 2.45. The summed E-state index contributed by atoms with van der Waals surface area (Å²) in [6, 6.07) is 11.4. The molecule has 1 aliphatic carbocycles. The summed E-state index contributed by atoms with van der Waals surface area (Å²) in [7, 11) is 1.44. The zero-order valence-electron chi connectivity index (χ0n) is 16.3. The van der Waals surface area contributed by atoms with E-state index in [0.29, 0.717) is 29.7 Å². The number of aryl methyl sites for hydroxylation is 1. The highest BCUT2D eigenvalue weighted by molar-refractivity contribution is 6.32. The number of phenols is 1. The number of nitrogens with one attached hydrogen (secondary N) is 1. The van der Waals surface area contributed by atoms with E-state index in [1.807, 2.05) is 31.2 Å². The number of aromatic hydroxyl groups is 1. The molecule has 2 unspecified atom stereocenters. The molecule has 2 N–H and O–H groups in total. The van der Waals surface area contributed by atoms with E-state index in [0.717, 1.165) is 5.56 Å². The minimum Gasteiger partial charge on any atom is -0.503 e. The van der Waals surface area contributed by atoms with Crippen molar-refractivity contribution in [1.29, 1.82) is 0 Å². The molecule has 0 saturated carbocycles. The monoisotopic (exact) mass is 411 g/mol. The maximum absolute atomic E-state index is 13.2. The van der Waals surface area contributed by atoms with Gasteiger partial charge in [-0.3, -0.25) is 9.59 Å². The topological polar surface area (TPSA) is 75.6 Å². The number of benzene rings is 2. The third-order valence-electron chi connectivity index (χ3n) is 5.76. The molecule has 1 heterocycles. The Morgan fingerprint density at radius 2 is 1.79 bits per heavy atom. The van der Waals surface area contributed by atoms with Crippen LogP contribution in [0.4, 0.5) is 0 Å². The van der Waals surface area contributed by atoms with E-state index < -0.39 is 5.92 Å². The lowest BCUT2D eigenvalue weighted by Crippen LogP contribution is -2.38. The number of ketones is 1. The minimum absolute atomic E-state index is 0.0324. The number of ether oxygens (including phenoxy) is 1. The molecule has 0 aromatic heterocycles. The molecule has 2 aromatic rings. The molecule has 0 spiro atoms. The van der Waals surface area contributed by atoms with Crippen molar-refractivity contribution in [2.75, 3.05) is 7.11 Å². The second-order valence-electron chi connectivity index (χ2n) is 7.69. The van der Waals surface area contributed by atoms with Gasteiger partial charge in [0.15, 0.2) is 17.3 Å². The van der Waals surface area contributed by atoms with E-state index >= 15 is 0 Å². The van der Waals surface area contributed by atoms with Crippen molar-refractivity contribution >= 4 is 23.3 Å². The van der Waals surface area contributed by atoms with Crippen molar-refractivity contribution in [3.05, 3.63) is 69.4 Å². The number of carbonyl (C=O) groups is 2. The van der Waals surface area contributed by atoms with Crippen LogP contribution in [-0.4, -0.2) is 23.9 Å². The van der Waals surface area contributed by atoms with Crippen LogP contribution in [-0.2, 0) is 9.59 Å². The predicted molar refractivity (Wildman–Crippen MR) is 110 cm³/mol. The number of halogens is 1. The quantitative estimate of drug-likeness (QED) is 0.786. The lowest BCUT2D eigenvalue weighted by Gasteiger charge is -2.34. The Morgan fingerprint density at radius 3 is 2.48 bits per heavy atom. The molecular formula is C23H22ClNO4. The first-order valence-electron chi connectivity index (χ1n) is 9.56. The molecule has 2 aliphatic rings. The molecule has 0 radical (unpaired) electrons. The van der Waals surface area contributed by atoms with Crippen molar-refractivity contribution in [2.24, 2.45) is 0 Å². The first-order chi connectivity index (χ1) is 13.9. The molecule has 1 aliphatic heterocycles. The molecule has 29 heavy (non-hydrogen) atoms. The van der Waals surface area contributed by atoms with Gasteiger partial charge in [0.25, 0.3) is 0 Å². The molecule has 1 amide bonds. The smallest absolute Gasteiger partial charge is 0.225 e. The normalized spacial score (nSPS) is 21.6. The van der Waals surface area contributed by atoms with Gasteiger partial charge in [-0.1, -0.05) is 41.4 Å². The van der Waals surface area contributed by atoms with Crippen LogP contribution in [0, 0.1) is 6.92 Å². The number of methoxy groups -OCH3 is 1. The summed E-state index contributed by atoms with van der Waals surface area (Å²) in [6.45, 7) is 2.03. The van der Waals surface area contributed by atoms with E-state index in [9.17, 15) is 14.7 Å². The summed E-state index contributed by atoms with van der Waals surface area (Å²) < 4.78 is 5.20. The summed E-state index contributed by atoms with van der Waals surface area (Å²) in [6.07, 6.45) is 1.16. The maximum atomic E-state index is 13.2. The van der Waals surface area contributed by atoms with Gasteiger partial charge in [-0.2, -0.15) is 0 Å². The standard InChI is InChI=1S/C23H22ClNO4/c1-12-3-5-13(6-4-12)14-8-18-22(19(26)9-14)16(11-21(27)25-18)15-7-17(24)23(28)20(10-15)29-2/h3-7,10,14,16,28H,8-9,11H2,1-2H3,(H,25,27). The van der Waals surface area contributed by atoms with Gasteiger partial charge < -0.3 is 15.2 Å². The van der Waals surface area contributed by atoms with Crippen LogP contribution in [0.5, 0.6) is 11.5 Å². The van der Waals surface area contributed by atoms with Crippen molar-refractivity contribution < 1.29 is 19.4 Å². The Labute approximate surface area is 174 Å².